The number of ether oxygens (including phenoxy) is 1. The van der Waals surface area contributed by atoms with Crippen molar-refractivity contribution < 1.29 is 9.53 Å². The molecule has 1 heterocycles. The molecule has 18 heavy (non-hydrogen) atoms. The molecule has 1 aliphatic rings. The molecule has 0 bridgehead atoms. The van der Waals surface area contributed by atoms with Crippen molar-refractivity contribution >= 4 is 5.91 Å². The molecule has 0 saturated heterocycles. The molecule has 98 valence electrons. The summed E-state index contributed by atoms with van der Waals surface area (Å²) in [5.41, 5.74) is 2.30. The van der Waals surface area contributed by atoms with Gasteiger partial charge in [0.25, 0.3) is 0 Å². The molecule has 0 unspecified atom stereocenters. The first kappa shape index (κ1) is 12.9. The van der Waals surface area contributed by atoms with Crippen molar-refractivity contribution in [2.75, 3.05) is 13.2 Å². The van der Waals surface area contributed by atoms with Crippen LogP contribution >= 0.6 is 0 Å². The molecule has 0 spiro atoms. The minimum absolute atomic E-state index is 0.116. The third kappa shape index (κ3) is 3.49. The zero-order valence-corrected chi connectivity index (χ0v) is 11.0. The second-order valence-corrected chi connectivity index (χ2v) is 4.77. The molecule has 0 aliphatic carbocycles. The summed E-state index contributed by atoms with van der Waals surface area (Å²) >= 11 is 0. The molecule has 1 N–H and O–H groups in total. The van der Waals surface area contributed by atoms with Crippen LogP contribution < -0.4 is 10.1 Å². The van der Waals surface area contributed by atoms with E-state index in [1.807, 2.05) is 12.1 Å². The molecular weight excluding hydrogens is 226 g/mol. The van der Waals surface area contributed by atoms with Gasteiger partial charge in [0, 0.05) is 13.0 Å². The van der Waals surface area contributed by atoms with E-state index < -0.39 is 0 Å². The van der Waals surface area contributed by atoms with Gasteiger partial charge < -0.3 is 10.1 Å². The molecule has 3 heteroatoms. The summed E-state index contributed by atoms with van der Waals surface area (Å²) in [6, 6.07) is 6.05. The summed E-state index contributed by atoms with van der Waals surface area (Å²) in [6.07, 6.45) is 4.86. The van der Waals surface area contributed by atoms with Gasteiger partial charge in [-0.2, -0.15) is 0 Å². The molecule has 0 saturated carbocycles. The molecule has 0 fully saturated rings. The van der Waals surface area contributed by atoms with Crippen LogP contribution in [-0.2, 0) is 17.6 Å². The minimum atomic E-state index is 0.116. The highest BCUT2D eigenvalue weighted by atomic mass is 16.5. The average molecular weight is 247 g/mol. The average Bonchev–Trinajstić information content (AvgIpc) is 2.82. The van der Waals surface area contributed by atoms with Gasteiger partial charge >= 0.3 is 0 Å². The van der Waals surface area contributed by atoms with Crippen LogP contribution in [0, 0.1) is 0 Å². The van der Waals surface area contributed by atoms with Gasteiger partial charge in [0.15, 0.2) is 0 Å². The zero-order valence-electron chi connectivity index (χ0n) is 11.0. The lowest BCUT2D eigenvalue weighted by Gasteiger charge is -2.06. The third-order valence-electron chi connectivity index (χ3n) is 3.22. The van der Waals surface area contributed by atoms with Crippen LogP contribution in [0.2, 0.25) is 0 Å². The van der Waals surface area contributed by atoms with E-state index in [2.05, 4.69) is 18.3 Å². The van der Waals surface area contributed by atoms with E-state index in [0.29, 0.717) is 6.42 Å². The van der Waals surface area contributed by atoms with E-state index in [1.54, 1.807) is 0 Å². The van der Waals surface area contributed by atoms with Gasteiger partial charge in [-0.3, -0.25) is 4.79 Å². The van der Waals surface area contributed by atoms with Gasteiger partial charge in [-0.05, 0) is 23.6 Å². The third-order valence-corrected chi connectivity index (χ3v) is 3.22. The van der Waals surface area contributed by atoms with Crippen LogP contribution in [0.4, 0.5) is 0 Å². The van der Waals surface area contributed by atoms with E-state index in [0.717, 1.165) is 37.3 Å². The molecule has 0 atom stereocenters. The molecular formula is C15H21NO2. The number of rotatable bonds is 6. The number of hydrogen-bond acceptors (Lipinski definition) is 2. The fourth-order valence-electron chi connectivity index (χ4n) is 2.20. The van der Waals surface area contributed by atoms with Crippen LogP contribution in [0.15, 0.2) is 18.2 Å². The van der Waals surface area contributed by atoms with Gasteiger partial charge in [-0.15, -0.1) is 0 Å². The van der Waals surface area contributed by atoms with Crippen LogP contribution in [0.1, 0.15) is 37.3 Å². The number of nitrogens with one attached hydrogen (secondary N) is 1. The Morgan fingerprint density at radius 1 is 1.39 bits per heavy atom. The maximum absolute atomic E-state index is 11.7. The second kappa shape index (κ2) is 6.43. The van der Waals surface area contributed by atoms with Crippen molar-refractivity contribution in [3.63, 3.8) is 0 Å². The van der Waals surface area contributed by atoms with Crippen molar-refractivity contribution in [1.29, 1.82) is 0 Å². The Bertz CT molecular complexity index is 415. The number of amides is 1. The predicted octanol–water partition coefficient (Wildman–Crippen LogP) is 2.47. The second-order valence-electron chi connectivity index (χ2n) is 4.77. The van der Waals surface area contributed by atoms with Gasteiger partial charge in [0.2, 0.25) is 5.91 Å². The summed E-state index contributed by atoms with van der Waals surface area (Å²) in [5.74, 6) is 1.09. The van der Waals surface area contributed by atoms with Gasteiger partial charge in [0.05, 0.1) is 13.0 Å². The van der Waals surface area contributed by atoms with Crippen molar-refractivity contribution in [3.05, 3.63) is 29.3 Å². The van der Waals surface area contributed by atoms with E-state index in [-0.39, 0.29) is 5.91 Å². The number of carbonyl (C=O) groups is 1. The lowest BCUT2D eigenvalue weighted by atomic mass is 10.1. The lowest BCUT2D eigenvalue weighted by Crippen LogP contribution is -2.26. The van der Waals surface area contributed by atoms with E-state index in [9.17, 15) is 4.79 Å². The highest BCUT2D eigenvalue weighted by Crippen LogP contribution is 2.25. The summed E-state index contributed by atoms with van der Waals surface area (Å²) in [6.45, 7) is 3.72. The van der Waals surface area contributed by atoms with Crippen LogP contribution in [0.25, 0.3) is 0 Å². The van der Waals surface area contributed by atoms with Crippen molar-refractivity contribution in [1.82, 2.24) is 5.32 Å². The summed E-state index contributed by atoms with van der Waals surface area (Å²) in [5, 5.41) is 2.96. The first-order chi connectivity index (χ1) is 8.79. The largest absolute Gasteiger partial charge is 0.493 e. The fourth-order valence-corrected chi connectivity index (χ4v) is 2.20. The summed E-state index contributed by atoms with van der Waals surface area (Å²) in [4.78, 5) is 11.7. The molecule has 0 radical (unpaired) electrons. The van der Waals surface area contributed by atoms with E-state index in [1.165, 1.54) is 18.4 Å². The van der Waals surface area contributed by atoms with Gasteiger partial charge in [0.1, 0.15) is 5.75 Å². The first-order valence-corrected chi connectivity index (χ1v) is 6.81. The highest BCUT2D eigenvalue weighted by molar-refractivity contribution is 5.78. The Morgan fingerprint density at radius 3 is 3.11 bits per heavy atom. The van der Waals surface area contributed by atoms with E-state index >= 15 is 0 Å². The number of fused-ring (bicyclic) bond motifs is 1. The van der Waals surface area contributed by atoms with Crippen LogP contribution in [0.3, 0.4) is 0 Å². The quantitative estimate of drug-likeness (QED) is 0.784. The minimum Gasteiger partial charge on any atom is -0.493 e. The molecule has 1 amide bonds. The zero-order chi connectivity index (χ0) is 12.8. The number of carbonyl (C=O) groups excluding carboxylic acids is 1. The Labute approximate surface area is 109 Å². The number of benzene rings is 1. The van der Waals surface area contributed by atoms with Gasteiger partial charge in [-0.25, -0.2) is 0 Å². The van der Waals surface area contributed by atoms with Crippen molar-refractivity contribution in [3.8, 4) is 5.75 Å². The molecule has 2 rings (SSSR count). The molecule has 1 aromatic carbocycles. The Morgan fingerprint density at radius 2 is 2.28 bits per heavy atom. The Balaban J connectivity index is 1.80. The number of unbranched alkanes of at least 4 members (excludes halogenated alkanes) is 2. The summed E-state index contributed by atoms with van der Waals surface area (Å²) in [7, 11) is 0. The molecule has 0 aromatic heterocycles. The maximum atomic E-state index is 11.7. The topological polar surface area (TPSA) is 38.3 Å². The number of hydrogen-bond donors (Lipinski definition) is 1. The predicted molar refractivity (Wildman–Crippen MR) is 71.9 cm³/mol. The fraction of sp³-hybridized carbons (Fsp3) is 0.533. The van der Waals surface area contributed by atoms with Crippen LogP contribution in [-0.4, -0.2) is 19.1 Å². The molecule has 1 aliphatic heterocycles. The van der Waals surface area contributed by atoms with E-state index in [4.69, 9.17) is 4.74 Å². The highest BCUT2D eigenvalue weighted by Gasteiger charge is 2.13. The molecule has 3 nitrogen and oxygen atoms in total. The van der Waals surface area contributed by atoms with Crippen LogP contribution in [0.5, 0.6) is 5.75 Å². The smallest absolute Gasteiger partial charge is 0.224 e. The lowest BCUT2D eigenvalue weighted by molar-refractivity contribution is -0.120. The summed E-state index contributed by atoms with van der Waals surface area (Å²) < 4.78 is 5.45. The molecule has 1 aromatic rings. The Hall–Kier alpha value is -1.51. The van der Waals surface area contributed by atoms with Crippen molar-refractivity contribution in [2.45, 2.75) is 39.0 Å². The SMILES string of the molecule is CCCCCNC(=O)Cc1ccc2c(c1)CCO2. The standard InChI is InChI=1S/C15H21NO2/c1-2-3-4-8-16-15(17)11-12-5-6-14-13(10-12)7-9-18-14/h5-6,10H,2-4,7-9,11H2,1H3,(H,16,17). The van der Waals surface area contributed by atoms with Gasteiger partial charge in [-0.1, -0.05) is 31.9 Å². The van der Waals surface area contributed by atoms with Crippen molar-refractivity contribution in [2.24, 2.45) is 0 Å². The maximum Gasteiger partial charge on any atom is 0.224 e. The Kier molecular flexibility index (Phi) is 4.62. The first-order valence-electron chi connectivity index (χ1n) is 6.81. The monoisotopic (exact) mass is 247 g/mol. The normalized spacial score (nSPS) is 12.9.